The van der Waals surface area contributed by atoms with E-state index in [2.05, 4.69) is 10.2 Å². The fourth-order valence-electron chi connectivity index (χ4n) is 3.01. The Bertz CT molecular complexity index is 420. The van der Waals surface area contributed by atoms with Crippen LogP contribution in [0.4, 0.5) is 0 Å². The van der Waals surface area contributed by atoms with Gasteiger partial charge in [0, 0.05) is 12.6 Å². The lowest BCUT2D eigenvalue weighted by molar-refractivity contribution is -0.123. The van der Waals surface area contributed by atoms with Crippen molar-refractivity contribution in [2.75, 3.05) is 13.1 Å². The summed E-state index contributed by atoms with van der Waals surface area (Å²) in [5.41, 5.74) is 0. The first-order valence-electron chi connectivity index (χ1n) is 7.84. The summed E-state index contributed by atoms with van der Waals surface area (Å²) in [6, 6.07) is 4.44. The predicted molar refractivity (Wildman–Crippen MR) is 77.1 cm³/mol. The minimum atomic E-state index is 0.162. The van der Waals surface area contributed by atoms with Gasteiger partial charge in [-0.2, -0.15) is 0 Å². The van der Waals surface area contributed by atoms with Crippen LogP contribution in [0.2, 0.25) is 0 Å². The van der Waals surface area contributed by atoms with Gasteiger partial charge in [-0.05, 0) is 43.7 Å². The van der Waals surface area contributed by atoms with Gasteiger partial charge in [0.05, 0.1) is 19.4 Å². The van der Waals surface area contributed by atoms with Crippen molar-refractivity contribution in [3.63, 3.8) is 0 Å². The smallest absolute Gasteiger partial charge is 0.234 e. The van der Waals surface area contributed by atoms with Crippen LogP contribution in [0.15, 0.2) is 22.8 Å². The summed E-state index contributed by atoms with van der Waals surface area (Å²) in [6.07, 6.45) is 9.23. The van der Waals surface area contributed by atoms with E-state index < -0.39 is 0 Å². The Labute approximate surface area is 120 Å². The quantitative estimate of drug-likeness (QED) is 0.832. The summed E-state index contributed by atoms with van der Waals surface area (Å²) >= 11 is 0. The number of hydrogen-bond donors (Lipinski definition) is 1. The normalized spacial score (nSPS) is 19.6. The fourth-order valence-corrected chi connectivity index (χ4v) is 3.01. The molecule has 3 rings (SSSR count). The van der Waals surface area contributed by atoms with Crippen LogP contribution < -0.4 is 5.32 Å². The molecule has 0 unspecified atom stereocenters. The van der Waals surface area contributed by atoms with Gasteiger partial charge in [-0.1, -0.05) is 12.8 Å². The second-order valence-corrected chi connectivity index (χ2v) is 6.17. The SMILES string of the molecule is O=C(CN(Cc1ccco1)C1CCCC1)NCC1CC1. The van der Waals surface area contributed by atoms with Gasteiger partial charge >= 0.3 is 0 Å². The minimum Gasteiger partial charge on any atom is -0.468 e. The number of amides is 1. The van der Waals surface area contributed by atoms with E-state index in [9.17, 15) is 4.79 Å². The molecule has 4 nitrogen and oxygen atoms in total. The number of nitrogens with zero attached hydrogens (tertiary/aromatic N) is 1. The van der Waals surface area contributed by atoms with Crippen LogP contribution in [0.25, 0.3) is 0 Å². The van der Waals surface area contributed by atoms with Gasteiger partial charge in [-0.25, -0.2) is 0 Å². The number of nitrogens with one attached hydrogen (secondary N) is 1. The third-order valence-electron chi connectivity index (χ3n) is 4.41. The van der Waals surface area contributed by atoms with Gasteiger partial charge in [0.2, 0.25) is 5.91 Å². The Hall–Kier alpha value is -1.29. The third kappa shape index (κ3) is 3.85. The highest BCUT2D eigenvalue weighted by molar-refractivity contribution is 5.78. The minimum absolute atomic E-state index is 0.162. The Balaban J connectivity index is 1.54. The van der Waals surface area contributed by atoms with Crippen molar-refractivity contribution < 1.29 is 9.21 Å². The zero-order valence-corrected chi connectivity index (χ0v) is 12.0. The van der Waals surface area contributed by atoms with E-state index in [1.807, 2.05) is 12.1 Å². The molecule has 1 aromatic heterocycles. The average Bonchev–Trinajstić information content (AvgIpc) is 2.93. The fraction of sp³-hybridized carbons (Fsp3) is 0.688. The number of rotatable bonds is 7. The lowest BCUT2D eigenvalue weighted by Crippen LogP contribution is -2.42. The van der Waals surface area contributed by atoms with Crippen LogP contribution >= 0.6 is 0 Å². The molecule has 0 atom stereocenters. The van der Waals surface area contributed by atoms with Crippen LogP contribution in [0.1, 0.15) is 44.3 Å². The number of furan rings is 1. The lowest BCUT2D eigenvalue weighted by atomic mass is 10.2. The van der Waals surface area contributed by atoms with Crippen molar-refractivity contribution in [2.24, 2.45) is 5.92 Å². The van der Waals surface area contributed by atoms with Crippen molar-refractivity contribution in [3.8, 4) is 0 Å². The summed E-state index contributed by atoms with van der Waals surface area (Å²) in [4.78, 5) is 14.4. The number of carbonyl (C=O) groups excluding carboxylic acids is 1. The number of carbonyl (C=O) groups is 1. The van der Waals surface area contributed by atoms with Gasteiger partial charge in [-0.15, -0.1) is 0 Å². The largest absolute Gasteiger partial charge is 0.468 e. The Morgan fingerprint density at radius 1 is 1.30 bits per heavy atom. The number of hydrogen-bond acceptors (Lipinski definition) is 3. The molecule has 0 spiro atoms. The van der Waals surface area contributed by atoms with E-state index in [0.717, 1.165) is 24.8 Å². The first kappa shape index (κ1) is 13.7. The molecule has 2 fully saturated rings. The molecule has 2 saturated carbocycles. The lowest BCUT2D eigenvalue weighted by Gasteiger charge is -2.27. The molecule has 2 aliphatic carbocycles. The summed E-state index contributed by atoms with van der Waals surface area (Å²) in [7, 11) is 0. The topological polar surface area (TPSA) is 45.5 Å². The standard InChI is InChI=1S/C16H24N2O2/c19-16(17-10-13-7-8-13)12-18(14-4-1-2-5-14)11-15-6-3-9-20-15/h3,6,9,13-14H,1-2,4-5,7-8,10-12H2,(H,17,19). The third-order valence-corrected chi connectivity index (χ3v) is 4.41. The summed E-state index contributed by atoms with van der Waals surface area (Å²) in [5.74, 6) is 1.85. The first-order chi connectivity index (χ1) is 9.81. The molecule has 1 aromatic rings. The molecule has 0 aliphatic heterocycles. The molecule has 0 bridgehead atoms. The van der Waals surface area contributed by atoms with Gasteiger partial charge in [0.1, 0.15) is 5.76 Å². The molecule has 20 heavy (non-hydrogen) atoms. The van der Waals surface area contributed by atoms with Gasteiger partial charge in [0.25, 0.3) is 0 Å². The molecule has 110 valence electrons. The molecule has 4 heteroatoms. The second kappa shape index (κ2) is 6.44. The summed E-state index contributed by atoms with van der Waals surface area (Å²) < 4.78 is 5.44. The maximum absolute atomic E-state index is 12.1. The van der Waals surface area contributed by atoms with Crippen LogP contribution in [0.3, 0.4) is 0 Å². The Morgan fingerprint density at radius 2 is 2.10 bits per heavy atom. The molecule has 2 aliphatic rings. The van der Waals surface area contributed by atoms with Crippen molar-refractivity contribution in [1.82, 2.24) is 10.2 Å². The molecular formula is C16H24N2O2. The zero-order valence-electron chi connectivity index (χ0n) is 12.0. The van der Waals surface area contributed by atoms with E-state index >= 15 is 0 Å². The Morgan fingerprint density at radius 3 is 2.75 bits per heavy atom. The highest BCUT2D eigenvalue weighted by Crippen LogP contribution is 2.28. The molecule has 0 aromatic carbocycles. The van der Waals surface area contributed by atoms with Crippen LogP contribution in [0, 0.1) is 5.92 Å². The van der Waals surface area contributed by atoms with Gasteiger partial charge < -0.3 is 9.73 Å². The van der Waals surface area contributed by atoms with E-state index in [1.54, 1.807) is 6.26 Å². The van der Waals surface area contributed by atoms with E-state index in [-0.39, 0.29) is 5.91 Å². The molecule has 0 saturated heterocycles. The molecule has 1 N–H and O–H groups in total. The molecule has 0 radical (unpaired) electrons. The van der Waals surface area contributed by atoms with Crippen molar-refractivity contribution >= 4 is 5.91 Å². The van der Waals surface area contributed by atoms with Crippen LogP contribution in [-0.4, -0.2) is 29.9 Å². The second-order valence-electron chi connectivity index (χ2n) is 6.17. The summed E-state index contributed by atoms with van der Waals surface area (Å²) in [6.45, 7) is 2.10. The van der Waals surface area contributed by atoms with Crippen LogP contribution in [0.5, 0.6) is 0 Å². The highest BCUT2D eigenvalue weighted by Gasteiger charge is 2.26. The highest BCUT2D eigenvalue weighted by atomic mass is 16.3. The van der Waals surface area contributed by atoms with Crippen molar-refractivity contribution in [2.45, 2.75) is 51.1 Å². The van der Waals surface area contributed by atoms with Crippen molar-refractivity contribution in [3.05, 3.63) is 24.2 Å². The average molecular weight is 276 g/mol. The van der Waals surface area contributed by atoms with Gasteiger partial charge in [-0.3, -0.25) is 9.69 Å². The first-order valence-corrected chi connectivity index (χ1v) is 7.84. The maximum atomic E-state index is 12.1. The van der Waals surface area contributed by atoms with E-state index in [4.69, 9.17) is 4.42 Å². The maximum Gasteiger partial charge on any atom is 0.234 e. The predicted octanol–water partition coefficient (Wildman–Crippen LogP) is 2.55. The monoisotopic (exact) mass is 276 g/mol. The molecular weight excluding hydrogens is 252 g/mol. The van der Waals surface area contributed by atoms with E-state index in [0.29, 0.717) is 12.6 Å². The zero-order chi connectivity index (χ0) is 13.8. The van der Waals surface area contributed by atoms with Crippen molar-refractivity contribution in [1.29, 1.82) is 0 Å². The molecule has 1 amide bonds. The summed E-state index contributed by atoms with van der Waals surface area (Å²) in [5, 5.41) is 3.07. The van der Waals surface area contributed by atoms with Crippen LogP contribution in [-0.2, 0) is 11.3 Å². The molecule has 1 heterocycles. The van der Waals surface area contributed by atoms with Gasteiger partial charge in [0.15, 0.2) is 0 Å². The Kier molecular flexibility index (Phi) is 4.41. The van der Waals surface area contributed by atoms with E-state index in [1.165, 1.54) is 38.5 Å².